The number of hydrogen-bond donors (Lipinski definition) is 2. The zero-order valence-corrected chi connectivity index (χ0v) is 11.2. The fraction of sp³-hybridized carbons (Fsp3) is 0.727. The number of nitrogens with two attached hydrogens (primary N) is 1. The van der Waals surface area contributed by atoms with Gasteiger partial charge in [-0.25, -0.2) is 0 Å². The number of thioether (sulfide) groups is 1. The number of hydrogen-bond acceptors (Lipinski definition) is 5. The van der Waals surface area contributed by atoms with Crippen molar-refractivity contribution in [1.82, 2.24) is 14.8 Å². The zero-order valence-electron chi connectivity index (χ0n) is 10.4. The van der Waals surface area contributed by atoms with Crippen LogP contribution < -0.4 is 16.9 Å². The van der Waals surface area contributed by atoms with E-state index in [2.05, 4.69) is 10.1 Å². The molecule has 2 unspecified atom stereocenters. The van der Waals surface area contributed by atoms with Gasteiger partial charge >= 0.3 is 11.1 Å². The summed E-state index contributed by atoms with van der Waals surface area (Å²) in [5.74, 6) is 1.45. The second-order valence-corrected chi connectivity index (χ2v) is 5.75. The third-order valence-electron chi connectivity index (χ3n) is 3.39. The van der Waals surface area contributed by atoms with Gasteiger partial charge in [0.25, 0.3) is 0 Å². The third kappa shape index (κ3) is 3.02. The number of H-pyrrole nitrogens is 1. The van der Waals surface area contributed by atoms with Crippen molar-refractivity contribution in [2.75, 3.05) is 5.75 Å². The van der Waals surface area contributed by atoms with Crippen LogP contribution in [0.2, 0.25) is 0 Å². The minimum Gasteiger partial charge on any atom is -0.327 e. The molecule has 1 aliphatic rings. The number of aromatic amines is 1. The molecule has 0 bridgehead atoms. The standard InChI is InChI=1S/C11H18N4O2S/c1-15-11(13-9(16)10(17)14-15)18-6-5-7-3-2-4-8(7)12/h7-8H,2-6,12H2,1H3,(H,14,17). The summed E-state index contributed by atoms with van der Waals surface area (Å²) in [6.45, 7) is 0. The van der Waals surface area contributed by atoms with Crippen molar-refractivity contribution in [2.45, 2.75) is 36.9 Å². The number of nitrogens with zero attached hydrogens (tertiary/aromatic N) is 2. The van der Waals surface area contributed by atoms with Gasteiger partial charge in [-0.2, -0.15) is 4.98 Å². The third-order valence-corrected chi connectivity index (χ3v) is 4.45. The Morgan fingerprint density at radius 3 is 2.94 bits per heavy atom. The molecule has 0 aromatic carbocycles. The summed E-state index contributed by atoms with van der Waals surface area (Å²) in [5, 5.41) is 2.98. The van der Waals surface area contributed by atoms with Crippen LogP contribution in [0.1, 0.15) is 25.7 Å². The fourth-order valence-electron chi connectivity index (χ4n) is 2.32. The quantitative estimate of drug-likeness (QED) is 0.597. The molecule has 2 atom stereocenters. The average molecular weight is 270 g/mol. The molecule has 0 radical (unpaired) electrons. The molecule has 0 aliphatic heterocycles. The average Bonchev–Trinajstić information content (AvgIpc) is 2.72. The van der Waals surface area contributed by atoms with Crippen LogP contribution in [0.25, 0.3) is 0 Å². The number of aryl methyl sites for hydroxylation is 1. The normalized spacial score (nSPS) is 23.4. The largest absolute Gasteiger partial charge is 0.339 e. The molecule has 6 nitrogen and oxygen atoms in total. The molecular weight excluding hydrogens is 252 g/mol. The highest BCUT2D eigenvalue weighted by atomic mass is 32.2. The van der Waals surface area contributed by atoms with Crippen molar-refractivity contribution >= 4 is 11.8 Å². The Hall–Kier alpha value is -1.08. The van der Waals surface area contributed by atoms with E-state index in [1.54, 1.807) is 7.05 Å². The monoisotopic (exact) mass is 270 g/mol. The summed E-state index contributed by atoms with van der Waals surface area (Å²) in [6, 6.07) is 0.318. The molecule has 7 heteroatoms. The zero-order chi connectivity index (χ0) is 13.1. The number of nitrogens with one attached hydrogen (secondary N) is 1. The van der Waals surface area contributed by atoms with Crippen LogP contribution in [0.5, 0.6) is 0 Å². The molecule has 1 aliphatic carbocycles. The maximum atomic E-state index is 11.2. The number of rotatable bonds is 4. The molecule has 18 heavy (non-hydrogen) atoms. The summed E-state index contributed by atoms with van der Waals surface area (Å²) in [4.78, 5) is 26.0. The van der Waals surface area contributed by atoms with E-state index in [0.717, 1.165) is 18.6 Å². The van der Waals surface area contributed by atoms with Gasteiger partial charge in [-0.1, -0.05) is 18.2 Å². The highest BCUT2D eigenvalue weighted by molar-refractivity contribution is 7.99. The molecule has 1 aromatic heterocycles. The van der Waals surface area contributed by atoms with E-state index in [9.17, 15) is 9.59 Å². The minimum atomic E-state index is -0.729. The van der Waals surface area contributed by atoms with Gasteiger partial charge in [0, 0.05) is 18.8 Å². The van der Waals surface area contributed by atoms with Crippen LogP contribution in [-0.2, 0) is 7.05 Å². The van der Waals surface area contributed by atoms with E-state index < -0.39 is 11.1 Å². The van der Waals surface area contributed by atoms with Gasteiger partial charge in [0.1, 0.15) is 0 Å². The lowest BCUT2D eigenvalue weighted by atomic mass is 10.0. The molecule has 1 fully saturated rings. The van der Waals surface area contributed by atoms with E-state index in [4.69, 9.17) is 5.73 Å². The predicted molar refractivity (Wildman–Crippen MR) is 70.8 cm³/mol. The molecule has 3 N–H and O–H groups in total. The molecular formula is C11H18N4O2S. The van der Waals surface area contributed by atoms with E-state index in [1.165, 1.54) is 29.3 Å². The first kappa shape index (κ1) is 13.4. The van der Waals surface area contributed by atoms with Crippen molar-refractivity contribution in [2.24, 2.45) is 18.7 Å². The Morgan fingerprint density at radius 1 is 1.50 bits per heavy atom. The lowest BCUT2D eigenvalue weighted by Crippen LogP contribution is -2.34. The van der Waals surface area contributed by atoms with Gasteiger partial charge in [0.05, 0.1) is 0 Å². The summed E-state index contributed by atoms with van der Waals surface area (Å²) in [5.41, 5.74) is 4.60. The van der Waals surface area contributed by atoms with Crippen molar-refractivity contribution in [1.29, 1.82) is 0 Å². The van der Waals surface area contributed by atoms with Crippen LogP contribution >= 0.6 is 11.8 Å². The Labute approximate surface area is 109 Å². The van der Waals surface area contributed by atoms with E-state index in [0.29, 0.717) is 17.1 Å². The van der Waals surface area contributed by atoms with E-state index in [1.807, 2.05) is 0 Å². The van der Waals surface area contributed by atoms with E-state index in [-0.39, 0.29) is 0 Å². The van der Waals surface area contributed by atoms with Crippen molar-refractivity contribution in [3.05, 3.63) is 20.7 Å². The predicted octanol–water partition coefficient (Wildman–Crippen LogP) is 0.0782. The van der Waals surface area contributed by atoms with Crippen molar-refractivity contribution < 1.29 is 0 Å². The van der Waals surface area contributed by atoms with Gasteiger partial charge in [-0.3, -0.25) is 19.4 Å². The smallest absolute Gasteiger partial charge is 0.327 e. The highest BCUT2D eigenvalue weighted by Gasteiger charge is 2.23. The fourth-order valence-corrected chi connectivity index (χ4v) is 3.31. The molecule has 1 heterocycles. The molecule has 2 rings (SSSR count). The van der Waals surface area contributed by atoms with Gasteiger partial charge in [-0.15, -0.1) is 0 Å². The van der Waals surface area contributed by atoms with Crippen molar-refractivity contribution in [3.8, 4) is 0 Å². The topological polar surface area (TPSA) is 93.8 Å². The maximum Gasteiger partial charge on any atom is 0.339 e. The van der Waals surface area contributed by atoms with Crippen molar-refractivity contribution in [3.63, 3.8) is 0 Å². The molecule has 0 spiro atoms. The second-order valence-electron chi connectivity index (χ2n) is 4.69. The second kappa shape index (κ2) is 5.71. The van der Waals surface area contributed by atoms with Crippen LogP contribution in [0, 0.1) is 5.92 Å². The Bertz CT molecular complexity index is 525. The van der Waals surface area contributed by atoms with Crippen LogP contribution in [-0.4, -0.2) is 26.6 Å². The first-order valence-electron chi connectivity index (χ1n) is 6.13. The molecule has 0 amide bonds. The van der Waals surface area contributed by atoms with Gasteiger partial charge < -0.3 is 5.73 Å². The summed E-state index contributed by atoms with van der Waals surface area (Å²) in [7, 11) is 1.68. The summed E-state index contributed by atoms with van der Waals surface area (Å²) in [6.07, 6.45) is 4.55. The first-order valence-corrected chi connectivity index (χ1v) is 7.12. The Morgan fingerprint density at radius 2 is 2.28 bits per heavy atom. The van der Waals surface area contributed by atoms with Crippen LogP contribution in [0.3, 0.4) is 0 Å². The summed E-state index contributed by atoms with van der Waals surface area (Å²) >= 11 is 1.48. The SMILES string of the molecule is Cn1[nH]c(=O)c(=O)nc1SCCC1CCCC1N. The van der Waals surface area contributed by atoms with Gasteiger partial charge in [0.15, 0.2) is 5.16 Å². The molecule has 0 saturated heterocycles. The minimum absolute atomic E-state index is 0.318. The summed E-state index contributed by atoms with van der Waals surface area (Å²) < 4.78 is 1.49. The lowest BCUT2D eigenvalue weighted by molar-refractivity contribution is 0.469. The highest BCUT2D eigenvalue weighted by Crippen LogP contribution is 2.28. The van der Waals surface area contributed by atoms with Gasteiger partial charge in [0.2, 0.25) is 0 Å². The maximum absolute atomic E-state index is 11.2. The lowest BCUT2D eigenvalue weighted by Gasteiger charge is -2.14. The Balaban J connectivity index is 1.92. The van der Waals surface area contributed by atoms with E-state index >= 15 is 0 Å². The molecule has 1 aromatic rings. The van der Waals surface area contributed by atoms with Gasteiger partial charge in [-0.05, 0) is 25.2 Å². The Kier molecular flexibility index (Phi) is 4.23. The number of aromatic nitrogens is 3. The molecule has 1 saturated carbocycles. The van der Waals surface area contributed by atoms with Crippen LogP contribution in [0.15, 0.2) is 14.7 Å². The van der Waals surface area contributed by atoms with Crippen LogP contribution in [0.4, 0.5) is 0 Å². The molecule has 100 valence electrons. The first-order chi connectivity index (χ1) is 8.58.